The molecule has 0 aliphatic heterocycles. The van der Waals surface area contributed by atoms with E-state index in [1.807, 2.05) is 12.3 Å². The normalized spacial score (nSPS) is 15.3. The van der Waals surface area contributed by atoms with E-state index in [2.05, 4.69) is 32.1 Å². The molecule has 0 spiro atoms. The summed E-state index contributed by atoms with van der Waals surface area (Å²) in [5.41, 5.74) is 7.45. The van der Waals surface area contributed by atoms with Gasteiger partial charge in [-0.25, -0.2) is 9.67 Å². The maximum atomic E-state index is 5.65. The Morgan fingerprint density at radius 3 is 2.94 bits per heavy atom. The first-order chi connectivity index (χ1) is 7.74. The maximum absolute atomic E-state index is 5.65. The van der Waals surface area contributed by atoms with E-state index < -0.39 is 0 Å². The molecule has 0 amide bonds. The average Bonchev–Trinajstić information content (AvgIpc) is 2.98. The van der Waals surface area contributed by atoms with E-state index in [9.17, 15) is 0 Å². The first-order valence-corrected chi connectivity index (χ1v) is 6.00. The molecule has 0 unspecified atom stereocenters. The van der Waals surface area contributed by atoms with Crippen LogP contribution in [0.1, 0.15) is 24.5 Å². The summed E-state index contributed by atoms with van der Waals surface area (Å²) in [5.74, 6) is 1.44. The Labute approximate surface area is 102 Å². The van der Waals surface area contributed by atoms with Gasteiger partial charge in [0.25, 0.3) is 0 Å². The molecule has 16 heavy (non-hydrogen) atoms. The molecule has 0 aromatic carbocycles. The highest BCUT2D eigenvalue weighted by atomic mass is 79.9. The van der Waals surface area contributed by atoms with Gasteiger partial charge in [0.05, 0.1) is 22.1 Å². The van der Waals surface area contributed by atoms with Crippen molar-refractivity contribution in [2.75, 3.05) is 5.73 Å². The predicted octanol–water partition coefficient (Wildman–Crippen LogP) is 2.49. The SMILES string of the molecule is Nc1cnc(-n2ccc(C3CC3)n2)c(Br)c1. The second-order valence-corrected chi connectivity index (χ2v) is 4.89. The summed E-state index contributed by atoms with van der Waals surface area (Å²) in [4.78, 5) is 4.27. The number of nitrogens with zero attached hydrogens (tertiary/aromatic N) is 3. The van der Waals surface area contributed by atoms with Crippen molar-refractivity contribution in [3.63, 3.8) is 0 Å². The fourth-order valence-electron chi connectivity index (χ4n) is 1.67. The van der Waals surface area contributed by atoms with Gasteiger partial charge in [0.1, 0.15) is 0 Å². The van der Waals surface area contributed by atoms with E-state index >= 15 is 0 Å². The van der Waals surface area contributed by atoms with Crippen LogP contribution in [-0.2, 0) is 0 Å². The molecule has 2 N–H and O–H groups in total. The first kappa shape index (κ1) is 9.84. The zero-order chi connectivity index (χ0) is 11.1. The molecule has 1 fully saturated rings. The summed E-state index contributed by atoms with van der Waals surface area (Å²) in [6.45, 7) is 0. The van der Waals surface area contributed by atoms with Crippen LogP contribution in [0.3, 0.4) is 0 Å². The maximum Gasteiger partial charge on any atom is 0.167 e. The van der Waals surface area contributed by atoms with Gasteiger partial charge >= 0.3 is 0 Å². The average molecular weight is 279 g/mol. The molecule has 2 aromatic rings. The van der Waals surface area contributed by atoms with Crippen LogP contribution in [0.2, 0.25) is 0 Å². The van der Waals surface area contributed by atoms with Crippen molar-refractivity contribution in [2.45, 2.75) is 18.8 Å². The molecule has 0 radical (unpaired) electrons. The molecule has 2 heterocycles. The summed E-state index contributed by atoms with van der Waals surface area (Å²) in [5, 5.41) is 4.52. The Kier molecular flexibility index (Phi) is 2.21. The fourth-order valence-corrected chi connectivity index (χ4v) is 2.22. The lowest BCUT2D eigenvalue weighted by Crippen LogP contribution is -2.01. The van der Waals surface area contributed by atoms with Crippen LogP contribution in [0.25, 0.3) is 5.82 Å². The Morgan fingerprint density at radius 1 is 1.44 bits per heavy atom. The van der Waals surface area contributed by atoms with Gasteiger partial charge in [0.15, 0.2) is 5.82 Å². The molecule has 4 nitrogen and oxygen atoms in total. The lowest BCUT2D eigenvalue weighted by molar-refractivity contribution is 0.809. The van der Waals surface area contributed by atoms with E-state index in [1.165, 1.54) is 12.8 Å². The van der Waals surface area contributed by atoms with Crippen LogP contribution in [-0.4, -0.2) is 14.8 Å². The number of halogens is 1. The van der Waals surface area contributed by atoms with Gasteiger partial charge in [0.2, 0.25) is 0 Å². The van der Waals surface area contributed by atoms with Crippen molar-refractivity contribution in [3.8, 4) is 5.82 Å². The smallest absolute Gasteiger partial charge is 0.167 e. The highest BCUT2D eigenvalue weighted by molar-refractivity contribution is 9.10. The second-order valence-electron chi connectivity index (χ2n) is 4.03. The molecule has 3 rings (SSSR count). The fraction of sp³-hybridized carbons (Fsp3) is 0.273. The summed E-state index contributed by atoms with van der Waals surface area (Å²) < 4.78 is 2.65. The number of anilines is 1. The molecular formula is C11H11BrN4. The zero-order valence-corrected chi connectivity index (χ0v) is 10.2. The number of hydrogen-bond donors (Lipinski definition) is 1. The number of nitrogen functional groups attached to an aromatic ring is 1. The Hall–Kier alpha value is -1.36. The Bertz CT molecular complexity index is 531. The summed E-state index contributed by atoms with van der Waals surface area (Å²) in [6, 6.07) is 3.89. The third-order valence-electron chi connectivity index (χ3n) is 2.67. The number of nitrogens with two attached hydrogens (primary N) is 1. The van der Waals surface area contributed by atoms with Crippen molar-refractivity contribution in [2.24, 2.45) is 0 Å². The minimum atomic E-state index is 0.644. The van der Waals surface area contributed by atoms with Crippen LogP contribution in [0, 0.1) is 0 Å². The van der Waals surface area contributed by atoms with Gasteiger partial charge < -0.3 is 5.73 Å². The molecule has 5 heteroatoms. The number of hydrogen-bond acceptors (Lipinski definition) is 3. The van der Waals surface area contributed by atoms with Gasteiger partial charge in [-0.15, -0.1) is 0 Å². The number of aromatic nitrogens is 3. The standard InChI is InChI=1S/C11H11BrN4/c12-9-5-8(13)6-14-11(9)16-4-3-10(15-16)7-1-2-7/h3-7H,1-2,13H2. The van der Waals surface area contributed by atoms with E-state index in [4.69, 9.17) is 5.73 Å². The highest BCUT2D eigenvalue weighted by Gasteiger charge is 2.26. The zero-order valence-electron chi connectivity index (χ0n) is 8.60. The second kappa shape index (κ2) is 3.59. The van der Waals surface area contributed by atoms with Crippen LogP contribution in [0.5, 0.6) is 0 Å². The molecule has 0 atom stereocenters. The largest absolute Gasteiger partial charge is 0.397 e. The topological polar surface area (TPSA) is 56.7 Å². The van der Waals surface area contributed by atoms with E-state index in [1.54, 1.807) is 10.9 Å². The summed E-state index contributed by atoms with van der Waals surface area (Å²) in [7, 11) is 0. The van der Waals surface area contributed by atoms with Gasteiger partial charge in [-0.3, -0.25) is 0 Å². The monoisotopic (exact) mass is 278 g/mol. The van der Waals surface area contributed by atoms with E-state index in [0.717, 1.165) is 16.0 Å². The lowest BCUT2D eigenvalue weighted by atomic mass is 10.3. The summed E-state index contributed by atoms with van der Waals surface area (Å²) in [6.07, 6.45) is 6.09. The van der Waals surface area contributed by atoms with Crippen molar-refractivity contribution in [1.29, 1.82) is 0 Å². The molecule has 82 valence electrons. The summed E-state index contributed by atoms with van der Waals surface area (Å²) >= 11 is 3.44. The predicted molar refractivity (Wildman–Crippen MR) is 65.4 cm³/mol. The van der Waals surface area contributed by atoms with Gasteiger partial charge in [0, 0.05) is 12.1 Å². The van der Waals surface area contributed by atoms with Crippen LogP contribution < -0.4 is 5.73 Å². The third-order valence-corrected chi connectivity index (χ3v) is 3.25. The Morgan fingerprint density at radius 2 is 2.25 bits per heavy atom. The minimum absolute atomic E-state index is 0.644. The Balaban J connectivity index is 2.00. The lowest BCUT2D eigenvalue weighted by Gasteiger charge is -2.03. The highest BCUT2D eigenvalue weighted by Crippen LogP contribution is 2.39. The molecule has 1 aliphatic rings. The minimum Gasteiger partial charge on any atom is -0.397 e. The third kappa shape index (κ3) is 1.71. The molecule has 2 aromatic heterocycles. The van der Waals surface area contributed by atoms with Gasteiger partial charge in [-0.05, 0) is 40.9 Å². The van der Waals surface area contributed by atoms with E-state index in [-0.39, 0.29) is 0 Å². The quantitative estimate of drug-likeness (QED) is 0.918. The van der Waals surface area contributed by atoms with Gasteiger partial charge in [-0.1, -0.05) is 0 Å². The molecule has 0 saturated heterocycles. The molecule has 1 aliphatic carbocycles. The van der Waals surface area contributed by atoms with Gasteiger partial charge in [-0.2, -0.15) is 5.10 Å². The van der Waals surface area contributed by atoms with Crippen LogP contribution in [0.4, 0.5) is 5.69 Å². The van der Waals surface area contributed by atoms with Crippen molar-refractivity contribution in [1.82, 2.24) is 14.8 Å². The number of pyridine rings is 1. The van der Waals surface area contributed by atoms with Crippen molar-refractivity contribution < 1.29 is 0 Å². The molecule has 1 saturated carbocycles. The number of rotatable bonds is 2. The van der Waals surface area contributed by atoms with Crippen LogP contribution in [0.15, 0.2) is 29.0 Å². The van der Waals surface area contributed by atoms with Crippen molar-refractivity contribution in [3.05, 3.63) is 34.7 Å². The first-order valence-electron chi connectivity index (χ1n) is 5.21. The van der Waals surface area contributed by atoms with E-state index in [0.29, 0.717) is 11.6 Å². The van der Waals surface area contributed by atoms with Crippen molar-refractivity contribution >= 4 is 21.6 Å². The molecular weight excluding hydrogens is 268 g/mol. The molecule has 0 bridgehead atoms. The van der Waals surface area contributed by atoms with Crippen LogP contribution >= 0.6 is 15.9 Å².